The SMILES string of the molecule is COC(=O)C(c1nc(Cl)nc(Cl)n1)=P(c1ccccc1)(c1ccccc1)c1ccccc1. The zero-order chi connectivity index (χ0) is 22.6. The molecule has 0 fully saturated rings. The van der Waals surface area contributed by atoms with Crippen molar-refractivity contribution in [3.05, 3.63) is 107 Å². The number of rotatable bonds is 5. The number of carbonyl (C=O) groups is 1. The average Bonchev–Trinajstić information content (AvgIpc) is 2.83. The molecule has 1 aromatic heterocycles. The Balaban J connectivity index is 2.33. The van der Waals surface area contributed by atoms with Gasteiger partial charge in [-0.3, -0.25) is 0 Å². The molecule has 8 heteroatoms. The van der Waals surface area contributed by atoms with Gasteiger partial charge in [0.2, 0.25) is 10.6 Å². The zero-order valence-corrected chi connectivity index (χ0v) is 19.4. The summed E-state index contributed by atoms with van der Waals surface area (Å²) in [5, 5.41) is 2.89. The summed E-state index contributed by atoms with van der Waals surface area (Å²) in [5.41, 5.74) is 0. The molecular formula is C24H18Cl2N3O2P. The molecule has 4 aromatic rings. The molecule has 0 aliphatic heterocycles. The van der Waals surface area contributed by atoms with E-state index in [4.69, 9.17) is 27.9 Å². The van der Waals surface area contributed by atoms with Gasteiger partial charge in [0.25, 0.3) is 0 Å². The summed E-state index contributed by atoms with van der Waals surface area (Å²) in [4.78, 5) is 25.9. The molecule has 0 unspecified atom stereocenters. The number of hydrogen-bond acceptors (Lipinski definition) is 5. The van der Waals surface area contributed by atoms with E-state index < -0.39 is 12.9 Å². The van der Waals surface area contributed by atoms with Crippen LogP contribution in [0, 0.1) is 0 Å². The minimum Gasteiger partial charge on any atom is -0.465 e. The summed E-state index contributed by atoms with van der Waals surface area (Å²) in [5.74, 6) is -0.472. The molecule has 0 bridgehead atoms. The smallest absolute Gasteiger partial charge is 0.342 e. The predicted molar refractivity (Wildman–Crippen MR) is 131 cm³/mol. The zero-order valence-electron chi connectivity index (χ0n) is 17.0. The van der Waals surface area contributed by atoms with Crippen LogP contribution in [-0.2, 0) is 9.53 Å². The molecule has 3 aromatic carbocycles. The van der Waals surface area contributed by atoms with Gasteiger partial charge in [0.1, 0.15) is 5.29 Å². The number of carbonyl (C=O) groups excluding carboxylic acids is 1. The van der Waals surface area contributed by atoms with Crippen LogP contribution in [-0.4, -0.2) is 33.3 Å². The van der Waals surface area contributed by atoms with E-state index in [1.807, 2.05) is 91.0 Å². The number of ether oxygens (including phenoxy) is 1. The number of nitrogens with zero attached hydrogens (tertiary/aromatic N) is 3. The highest BCUT2D eigenvalue weighted by Gasteiger charge is 2.36. The van der Waals surface area contributed by atoms with Crippen molar-refractivity contribution in [2.24, 2.45) is 0 Å². The molecule has 0 amide bonds. The van der Waals surface area contributed by atoms with Gasteiger partial charge in [-0.2, -0.15) is 15.0 Å². The number of esters is 1. The maximum atomic E-state index is 13.5. The Hall–Kier alpha value is -2.98. The van der Waals surface area contributed by atoms with Crippen LogP contribution in [0.15, 0.2) is 91.0 Å². The van der Waals surface area contributed by atoms with Crippen LogP contribution in [0.2, 0.25) is 10.6 Å². The van der Waals surface area contributed by atoms with E-state index in [0.717, 1.165) is 15.9 Å². The lowest BCUT2D eigenvalue weighted by Crippen LogP contribution is -2.35. The van der Waals surface area contributed by atoms with Crippen LogP contribution in [0.5, 0.6) is 0 Å². The maximum Gasteiger partial charge on any atom is 0.342 e. The van der Waals surface area contributed by atoms with Gasteiger partial charge in [0.15, 0.2) is 5.82 Å². The molecule has 1 heterocycles. The third kappa shape index (κ3) is 4.07. The summed E-state index contributed by atoms with van der Waals surface area (Å²) >= 11 is 12.3. The Morgan fingerprint density at radius 3 is 1.41 bits per heavy atom. The van der Waals surface area contributed by atoms with Crippen LogP contribution in [0.1, 0.15) is 5.82 Å². The van der Waals surface area contributed by atoms with E-state index >= 15 is 0 Å². The monoisotopic (exact) mass is 481 g/mol. The number of methoxy groups -OCH3 is 1. The Morgan fingerprint density at radius 2 is 1.06 bits per heavy atom. The van der Waals surface area contributed by atoms with Gasteiger partial charge in [0.05, 0.1) is 7.11 Å². The lowest BCUT2D eigenvalue weighted by Gasteiger charge is -2.31. The fourth-order valence-electron chi connectivity index (χ4n) is 3.70. The molecule has 32 heavy (non-hydrogen) atoms. The van der Waals surface area contributed by atoms with Crippen molar-refractivity contribution in [3.8, 4) is 0 Å². The summed E-state index contributed by atoms with van der Waals surface area (Å²) in [6.45, 7) is -2.83. The van der Waals surface area contributed by atoms with Crippen molar-refractivity contribution in [1.82, 2.24) is 15.0 Å². The first-order valence-corrected chi connectivity index (χ1v) is 12.2. The highest BCUT2D eigenvalue weighted by atomic mass is 35.5. The van der Waals surface area contributed by atoms with E-state index in [1.165, 1.54) is 7.11 Å². The molecule has 0 spiro atoms. The molecule has 4 rings (SSSR count). The lowest BCUT2D eigenvalue weighted by atomic mass is 10.3. The van der Waals surface area contributed by atoms with Gasteiger partial charge in [-0.25, -0.2) is 4.79 Å². The highest BCUT2D eigenvalue weighted by Crippen LogP contribution is 2.47. The number of halogens is 2. The van der Waals surface area contributed by atoms with E-state index in [-0.39, 0.29) is 21.7 Å². The summed E-state index contributed by atoms with van der Waals surface area (Å²) in [6, 6.07) is 29.5. The normalized spacial score (nSPS) is 11.1. The largest absolute Gasteiger partial charge is 0.465 e. The third-order valence-electron chi connectivity index (χ3n) is 4.94. The van der Waals surface area contributed by atoms with Gasteiger partial charge in [-0.15, -0.1) is 0 Å². The Morgan fingerprint density at radius 1 is 0.688 bits per heavy atom. The fourth-order valence-corrected chi connectivity index (χ4v) is 8.35. The molecule has 5 nitrogen and oxygen atoms in total. The molecule has 160 valence electrons. The molecular weight excluding hydrogens is 464 g/mol. The molecule has 0 saturated carbocycles. The van der Waals surface area contributed by atoms with E-state index in [1.54, 1.807) is 0 Å². The van der Waals surface area contributed by atoms with Crippen LogP contribution >= 0.6 is 30.1 Å². The first-order valence-electron chi connectivity index (χ1n) is 9.66. The number of hydrogen-bond donors (Lipinski definition) is 0. The molecule has 0 radical (unpaired) electrons. The molecule has 0 aliphatic carbocycles. The predicted octanol–water partition coefficient (Wildman–Crippen LogP) is 3.87. The van der Waals surface area contributed by atoms with Crippen molar-refractivity contribution in [1.29, 1.82) is 0 Å². The fraction of sp³-hybridized carbons (Fsp3) is 0.0417. The Bertz CT molecular complexity index is 1180. The Kier molecular flexibility index (Phi) is 6.71. The van der Waals surface area contributed by atoms with Crippen molar-refractivity contribution in [3.63, 3.8) is 0 Å². The van der Waals surface area contributed by atoms with Crippen LogP contribution in [0.25, 0.3) is 0 Å². The molecule has 0 atom stereocenters. The standard InChI is InChI=1S/C24H18Cl2N3O2P/c1-31-22(30)20(21-27-23(25)29-24(26)28-21)32(17-11-5-2-6-12-17,18-13-7-3-8-14-18)19-15-9-4-10-16-19/h2-16H,1H3. The minimum absolute atomic E-state index is 0.0896. The van der Waals surface area contributed by atoms with Crippen LogP contribution in [0.4, 0.5) is 0 Å². The van der Waals surface area contributed by atoms with Crippen molar-refractivity contribution in [2.75, 3.05) is 7.11 Å². The molecule has 0 aliphatic rings. The quantitative estimate of drug-likeness (QED) is 0.319. The van der Waals surface area contributed by atoms with E-state index in [2.05, 4.69) is 15.0 Å². The lowest BCUT2D eigenvalue weighted by molar-refractivity contribution is -0.132. The Labute approximate surface area is 196 Å². The van der Waals surface area contributed by atoms with Gasteiger partial charge >= 0.3 is 5.97 Å². The first kappa shape index (κ1) is 22.2. The van der Waals surface area contributed by atoms with Gasteiger partial charge < -0.3 is 4.74 Å². The number of benzene rings is 3. The maximum absolute atomic E-state index is 13.5. The van der Waals surface area contributed by atoms with Gasteiger partial charge in [-0.05, 0) is 46.0 Å². The van der Waals surface area contributed by atoms with E-state index in [9.17, 15) is 4.79 Å². The van der Waals surface area contributed by atoms with Crippen LogP contribution < -0.4 is 15.9 Å². The van der Waals surface area contributed by atoms with Gasteiger partial charge in [0, 0.05) is 0 Å². The first-order chi connectivity index (χ1) is 15.6. The second-order valence-electron chi connectivity index (χ2n) is 6.71. The molecule has 0 saturated heterocycles. The second-order valence-corrected chi connectivity index (χ2v) is 10.7. The number of aromatic nitrogens is 3. The summed E-state index contributed by atoms with van der Waals surface area (Å²) < 4.78 is 5.28. The topological polar surface area (TPSA) is 65.0 Å². The minimum atomic E-state index is -2.83. The average molecular weight is 482 g/mol. The van der Waals surface area contributed by atoms with Crippen molar-refractivity contribution < 1.29 is 9.53 Å². The van der Waals surface area contributed by atoms with Gasteiger partial charge in [-0.1, -0.05) is 91.0 Å². The van der Waals surface area contributed by atoms with Crippen molar-refractivity contribution >= 4 is 57.3 Å². The second kappa shape index (κ2) is 9.66. The van der Waals surface area contributed by atoms with Crippen molar-refractivity contribution in [2.45, 2.75) is 0 Å². The van der Waals surface area contributed by atoms with Crippen LogP contribution in [0.3, 0.4) is 0 Å². The van der Waals surface area contributed by atoms with E-state index in [0.29, 0.717) is 0 Å². The molecule has 0 N–H and O–H groups in total. The third-order valence-corrected chi connectivity index (χ3v) is 9.55. The summed E-state index contributed by atoms with van der Waals surface area (Å²) in [6.07, 6.45) is 0. The highest BCUT2D eigenvalue weighted by molar-refractivity contribution is 7.96. The summed E-state index contributed by atoms with van der Waals surface area (Å²) in [7, 11) is 1.34.